The lowest BCUT2D eigenvalue weighted by Crippen LogP contribution is -2.41. The van der Waals surface area contributed by atoms with Crippen LogP contribution in [0.25, 0.3) is 10.2 Å². The smallest absolute Gasteiger partial charge is 0.321 e. The van der Waals surface area contributed by atoms with Crippen molar-refractivity contribution >= 4 is 27.5 Å². The number of ether oxygens (including phenoxy) is 1. The van der Waals surface area contributed by atoms with Gasteiger partial charge in [-0.05, 0) is 43.3 Å². The number of benzene rings is 2. The van der Waals surface area contributed by atoms with E-state index in [-0.39, 0.29) is 0 Å². The molecule has 0 saturated heterocycles. The van der Waals surface area contributed by atoms with Crippen LogP contribution in [-0.2, 0) is 17.6 Å². The van der Waals surface area contributed by atoms with E-state index in [0.717, 1.165) is 28.0 Å². The van der Waals surface area contributed by atoms with Crippen molar-refractivity contribution in [2.75, 3.05) is 13.6 Å². The third kappa shape index (κ3) is 4.84. The number of rotatable bonds is 9. The molecule has 4 aromatic rings. The number of carboxylic acids is 1. The van der Waals surface area contributed by atoms with E-state index in [2.05, 4.69) is 15.0 Å². The van der Waals surface area contributed by atoms with Gasteiger partial charge in [-0.3, -0.25) is 9.69 Å². The number of nitrogens with one attached hydrogen (secondary N) is 1. The first-order chi connectivity index (χ1) is 14.6. The second-order valence-electron chi connectivity index (χ2n) is 7.02. The molecule has 0 spiro atoms. The Hall–Kier alpha value is -3.23. The molecule has 0 aliphatic rings. The monoisotopic (exact) mass is 422 g/mol. The topological polar surface area (TPSA) is 91.3 Å². The molecule has 0 aliphatic heterocycles. The third-order valence-electron chi connectivity index (χ3n) is 4.91. The number of fused-ring (bicyclic) bond motifs is 1. The lowest BCUT2D eigenvalue weighted by Gasteiger charge is -2.24. The second kappa shape index (κ2) is 9.06. The quantitative estimate of drug-likeness (QED) is 0.424. The van der Waals surface area contributed by atoms with E-state index in [1.54, 1.807) is 12.4 Å². The van der Waals surface area contributed by atoms with Crippen LogP contribution in [0.1, 0.15) is 11.4 Å². The fourth-order valence-electron chi connectivity index (χ4n) is 3.21. The number of nitrogens with zero attached hydrogens (tertiary/aromatic N) is 3. The number of para-hydroxylation sites is 1. The first-order valence-corrected chi connectivity index (χ1v) is 10.4. The Kier molecular flexibility index (Phi) is 6.06. The number of carboxylic acid groups (broad SMARTS) is 1. The Morgan fingerprint density at radius 2 is 2.03 bits per heavy atom. The highest BCUT2D eigenvalue weighted by Gasteiger charge is 2.23. The molecule has 1 unspecified atom stereocenters. The van der Waals surface area contributed by atoms with Crippen molar-refractivity contribution < 1.29 is 14.6 Å². The SMILES string of the molecule is CN(CCc1ccc(Oc2nc3ccccc3s2)cc1)C(Cc1ncc[nH]1)C(=O)O. The summed E-state index contributed by atoms with van der Waals surface area (Å²) < 4.78 is 6.97. The number of H-pyrrole nitrogens is 1. The van der Waals surface area contributed by atoms with E-state index in [4.69, 9.17) is 4.74 Å². The van der Waals surface area contributed by atoms with Crippen molar-refractivity contribution in [2.24, 2.45) is 0 Å². The molecule has 2 N–H and O–H groups in total. The summed E-state index contributed by atoms with van der Waals surface area (Å²) in [6, 6.07) is 15.1. The van der Waals surface area contributed by atoms with Crippen LogP contribution in [-0.4, -0.2) is 50.6 Å². The molecule has 0 radical (unpaired) electrons. The van der Waals surface area contributed by atoms with Gasteiger partial charge in [0.1, 0.15) is 17.6 Å². The number of hydrogen-bond donors (Lipinski definition) is 2. The Morgan fingerprint density at radius 3 is 2.73 bits per heavy atom. The summed E-state index contributed by atoms with van der Waals surface area (Å²) in [7, 11) is 1.83. The minimum absolute atomic E-state index is 0.341. The van der Waals surface area contributed by atoms with Crippen molar-refractivity contribution in [2.45, 2.75) is 18.9 Å². The van der Waals surface area contributed by atoms with E-state index in [1.807, 2.05) is 60.5 Å². The van der Waals surface area contributed by atoms with Crippen LogP contribution < -0.4 is 4.74 Å². The van der Waals surface area contributed by atoms with E-state index in [1.165, 1.54) is 11.3 Å². The molecule has 30 heavy (non-hydrogen) atoms. The molecule has 0 bridgehead atoms. The van der Waals surface area contributed by atoms with Crippen molar-refractivity contribution in [3.8, 4) is 10.9 Å². The Labute approximate surface area is 178 Å². The molecule has 2 aromatic carbocycles. The largest absolute Gasteiger partial charge is 0.480 e. The predicted octanol–water partition coefficient (Wildman–Crippen LogP) is 3.98. The lowest BCUT2D eigenvalue weighted by atomic mass is 10.1. The van der Waals surface area contributed by atoms with Gasteiger partial charge in [0.05, 0.1) is 10.2 Å². The predicted molar refractivity (Wildman–Crippen MR) is 116 cm³/mol. The van der Waals surface area contributed by atoms with Crippen LogP contribution in [0.5, 0.6) is 10.9 Å². The summed E-state index contributed by atoms with van der Waals surface area (Å²) in [6.45, 7) is 0.621. The Morgan fingerprint density at radius 1 is 1.23 bits per heavy atom. The number of aromatic amines is 1. The normalized spacial score (nSPS) is 12.3. The van der Waals surface area contributed by atoms with Crippen LogP contribution >= 0.6 is 11.3 Å². The maximum absolute atomic E-state index is 11.7. The van der Waals surface area contributed by atoms with Crippen molar-refractivity contribution in [3.63, 3.8) is 0 Å². The van der Waals surface area contributed by atoms with Gasteiger partial charge in [-0.1, -0.05) is 35.6 Å². The molecule has 0 amide bonds. The van der Waals surface area contributed by atoms with Gasteiger partial charge < -0.3 is 14.8 Å². The summed E-state index contributed by atoms with van der Waals surface area (Å²) in [6.07, 6.45) is 4.41. The van der Waals surface area contributed by atoms with Crippen LogP contribution in [0.15, 0.2) is 60.9 Å². The molecular formula is C22H22N4O3S. The zero-order chi connectivity index (χ0) is 20.9. The average molecular weight is 423 g/mol. The molecule has 0 aliphatic carbocycles. The Bertz CT molecular complexity index is 1080. The lowest BCUT2D eigenvalue weighted by molar-refractivity contribution is -0.142. The summed E-state index contributed by atoms with van der Waals surface area (Å²) >= 11 is 1.51. The molecular weight excluding hydrogens is 400 g/mol. The summed E-state index contributed by atoms with van der Waals surface area (Å²) in [5, 5.41) is 10.2. The third-order valence-corrected chi connectivity index (χ3v) is 5.83. The molecule has 0 saturated carbocycles. The Balaban J connectivity index is 1.34. The molecule has 154 valence electrons. The number of aliphatic carboxylic acids is 1. The second-order valence-corrected chi connectivity index (χ2v) is 8.01. The molecule has 4 rings (SSSR count). The fourth-order valence-corrected chi connectivity index (χ4v) is 4.04. The van der Waals surface area contributed by atoms with E-state index in [9.17, 15) is 9.90 Å². The van der Waals surface area contributed by atoms with Gasteiger partial charge in [-0.2, -0.15) is 0 Å². The maximum atomic E-state index is 11.7. The summed E-state index contributed by atoms with van der Waals surface area (Å²) in [5.41, 5.74) is 2.04. The maximum Gasteiger partial charge on any atom is 0.321 e. The molecule has 1 atom stereocenters. The van der Waals surface area contributed by atoms with Crippen molar-refractivity contribution in [1.29, 1.82) is 0 Å². The molecule has 0 fully saturated rings. The van der Waals surface area contributed by atoms with Gasteiger partial charge in [0.25, 0.3) is 5.19 Å². The molecule has 2 aromatic heterocycles. The average Bonchev–Trinajstić information content (AvgIpc) is 3.40. The molecule has 2 heterocycles. The minimum Gasteiger partial charge on any atom is -0.480 e. The van der Waals surface area contributed by atoms with E-state index < -0.39 is 12.0 Å². The van der Waals surface area contributed by atoms with Gasteiger partial charge in [0.2, 0.25) is 0 Å². The zero-order valence-corrected chi connectivity index (χ0v) is 17.3. The van der Waals surface area contributed by atoms with E-state index >= 15 is 0 Å². The zero-order valence-electron chi connectivity index (χ0n) is 16.5. The highest BCUT2D eigenvalue weighted by atomic mass is 32.1. The molecule has 7 nitrogen and oxygen atoms in total. The van der Waals surface area contributed by atoms with Gasteiger partial charge in [-0.25, -0.2) is 9.97 Å². The van der Waals surface area contributed by atoms with Crippen LogP contribution in [0, 0.1) is 0 Å². The number of likely N-dealkylation sites (N-methyl/N-ethyl adjacent to an activating group) is 1. The molecule has 8 heteroatoms. The highest BCUT2D eigenvalue weighted by molar-refractivity contribution is 7.20. The number of carbonyl (C=O) groups is 1. The van der Waals surface area contributed by atoms with Crippen LogP contribution in [0.3, 0.4) is 0 Å². The fraction of sp³-hybridized carbons (Fsp3) is 0.227. The minimum atomic E-state index is -0.853. The van der Waals surface area contributed by atoms with Crippen molar-refractivity contribution in [3.05, 3.63) is 72.3 Å². The van der Waals surface area contributed by atoms with Crippen molar-refractivity contribution in [1.82, 2.24) is 19.9 Å². The summed E-state index contributed by atoms with van der Waals surface area (Å²) in [5.74, 6) is 0.548. The van der Waals surface area contributed by atoms with E-state index in [0.29, 0.717) is 24.0 Å². The standard InChI is InChI=1S/C22H22N4O3S/c1-26(18(21(27)28)14-20-23-11-12-24-20)13-10-15-6-8-16(9-7-15)29-22-25-17-4-2-3-5-19(17)30-22/h2-9,11-12,18H,10,13-14H2,1H3,(H,23,24)(H,27,28). The van der Waals surface area contributed by atoms with Gasteiger partial charge in [-0.15, -0.1) is 0 Å². The van der Waals surface area contributed by atoms with Crippen LogP contribution in [0.4, 0.5) is 0 Å². The summed E-state index contributed by atoms with van der Waals surface area (Å²) in [4.78, 5) is 25.1. The highest BCUT2D eigenvalue weighted by Crippen LogP contribution is 2.31. The number of thiazole rings is 1. The van der Waals surface area contributed by atoms with Gasteiger partial charge >= 0.3 is 5.97 Å². The van der Waals surface area contributed by atoms with Crippen LogP contribution in [0.2, 0.25) is 0 Å². The first-order valence-electron chi connectivity index (χ1n) is 9.62. The first kappa shape index (κ1) is 20.1. The van der Waals surface area contributed by atoms with Gasteiger partial charge in [0.15, 0.2) is 0 Å². The number of hydrogen-bond acceptors (Lipinski definition) is 6. The number of aromatic nitrogens is 3. The van der Waals surface area contributed by atoms with Gasteiger partial charge in [0, 0.05) is 25.4 Å². The number of imidazole rings is 1.